The Morgan fingerprint density at radius 2 is 1.56 bits per heavy atom. The molecular formula is C23H26N2O2. The molecule has 0 aliphatic carbocycles. The highest BCUT2D eigenvalue weighted by molar-refractivity contribution is 5.91. The number of rotatable bonds is 7. The Morgan fingerprint density at radius 3 is 2.19 bits per heavy atom. The van der Waals surface area contributed by atoms with E-state index < -0.39 is 5.97 Å². The van der Waals surface area contributed by atoms with E-state index in [1.54, 1.807) is 0 Å². The molecule has 27 heavy (non-hydrogen) atoms. The lowest BCUT2D eigenvalue weighted by Crippen LogP contribution is -2.15. The van der Waals surface area contributed by atoms with Gasteiger partial charge in [0.1, 0.15) is 0 Å². The molecule has 2 aromatic carbocycles. The van der Waals surface area contributed by atoms with Crippen LogP contribution in [0.3, 0.4) is 0 Å². The molecule has 140 valence electrons. The second kappa shape index (κ2) is 8.23. The van der Waals surface area contributed by atoms with Gasteiger partial charge in [0.15, 0.2) is 0 Å². The summed E-state index contributed by atoms with van der Waals surface area (Å²) in [6, 6.07) is 18.5. The molecule has 4 heteroatoms. The molecule has 0 saturated carbocycles. The molecule has 0 spiro atoms. The maximum absolute atomic E-state index is 11.9. The van der Waals surface area contributed by atoms with E-state index in [1.807, 2.05) is 32.0 Å². The largest absolute Gasteiger partial charge is 0.478 e. The lowest BCUT2D eigenvalue weighted by atomic mass is 10.1. The van der Waals surface area contributed by atoms with E-state index in [0.717, 1.165) is 22.5 Å². The summed E-state index contributed by atoms with van der Waals surface area (Å²) < 4.78 is 2.10. The van der Waals surface area contributed by atoms with Gasteiger partial charge < -0.3 is 15.0 Å². The van der Waals surface area contributed by atoms with Gasteiger partial charge >= 0.3 is 5.97 Å². The topological polar surface area (TPSA) is 54.3 Å². The van der Waals surface area contributed by atoms with Gasteiger partial charge in [-0.05, 0) is 31.9 Å². The molecule has 3 rings (SSSR count). The number of hydrogen-bond acceptors (Lipinski definition) is 2. The van der Waals surface area contributed by atoms with E-state index in [0.29, 0.717) is 25.2 Å². The first kappa shape index (κ1) is 18.9. The Balaban J connectivity index is 1.82. The van der Waals surface area contributed by atoms with Gasteiger partial charge in [-0.3, -0.25) is 0 Å². The monoisotopic (exact) mass is 362 g/mol. The second-order valence-corrected chi connectivity index (χ2v) is 6.99. The molecule has 2 N–H and O–H groups in total. The molecule has 0 saturated heterocycles. The molecule has 0 amide bonds. The molecule has 0 unspecified atom stereocenters. The molecule has 1 aromatic heterocycles. The van der Waals surface area contributed by atoms with E-state index in [-0.39, 0.29) is 0 Å². The maximum atomic E-state index is 11.9. The first-order valence-electron chi connectivity index (χ1n) is 9.19. The predicted octanol–water partition coefficient (Wildman–Crippen LogP) is 4.45. The Hall–Kier alpha value is -2.85. The van der Waals surface area contributed by atoms with Gasteiger partial charge in [-0.2, -0.15) is 0 Å². The highest BCUT2D eigenvalue weighted by atomic mass is 16.4. The first-order valence-corrected chi connectivity index (χ1v) is 9.19. The number of hydrogen-bond donors (Lipinski definition) is 2. The third-order valence-electron chi connectivity index (χ3n) is 5.06. The second-order valence-electron chi connectivity index (χ2n) is 6.99. The van der Waals surface area contributed by atoms with Crippen LogP contribution in [0.5, 0.6) is 0 Å². The number of carboxylic acids is 1. The molecule has 0 radical (unpaired) electrons. The Bertz CT molecular complexity index is 925. The fourth-order valence-electron chi connectivity index (χ4n) is 3.49. The van der Waals surface area contributed by atoms with Crippen LogP contribution in [0.15, 0.2) is 54.6 Å². The summed E-state index contributed by atoms with van der Waals surface area (Å²) in [5, 5.41) is 13.2. The Kier molecular flexibility index (Phi) is 5.77. The predicted molar refractivity (Wildman–Crippen MR) is 108 cm³/mol. The van der Waals surface area contributed by atoms with Crippen LogP contribution in [0.1, 0.15) is 44.0 Å². The first-order chi connectivity index (χ1) is 13.0. The number of nitrogens with one attached hydrogen (secondary N) is 1. The number of carbonyl (C=O) groups is 1. The highest BCUT2D eigenvalue weighted by Crippen LogP contribution is 2.24. The van der Waals surface area contributed by atoms with E-state index in [4.69, 9.17) is 0 Å². The molecule has 0 bridgehead atoms. The van der Waals surface area contributed by atoms with Crippen molar-refractivity contribution in [1.29, 1.82) is 0 Å². The van der Waals surface area contributed by atoms with Crippen molar-refractivity contribution in [2.24, 2.45) is 0 Å². The number of aromatic carboxylic acids is 1. The summed E-state index contributed by atoms with van der Waals surface area (Å²) in [5.74, 6) is -0.866. The zero-order chi connectivity index (χ0) is 19.4. The summed E-state index contributed by atoms with van der Waals surface area (Å²) in [7, 11) is 0. The van der Waals surface area contributed by atoms with Crippen molar-refractivity contribution < 1.29 is 9.90 Å². The SMILES string of the molecule is Cc1ccc(CNCc2c(C(=O)O)c(C)n(Cc3ccccc3)c2C)cc1. The van der Waals surface area contributed by atoms with Crippen LogP contribution in [0, 0.1) is 20.8 Å². The number of carboxylic acid groups (broad SMARTS) is 1. The van der Waals surface area contributed by atoms with Crippen molar-refractivity contribution in [3.63, 3.8) is 0 Å². The van der Waals surface area contributed by atoms with Crippen LogP contribution in [-0.4, -0.2) is 15.6 Å². The van der Waals surface area contributed by atoms with Gasteiger partial charge in [0.2, 0.25) is 0 Å². The molecular weight excluding hydrogens is 336 g/mol. The summed E-state index contributed by atoms with van der Waals surface area (Å²) in [4.78, 5) is 11.9. The van der Waals surface area contributed by atoms with Gasteiger partial charge in [0.25, 0.3) is 0 Å². The van der Waals surface area contributed by atoms with Crippen LogP contribution in [-0.2, 0) is 19.6 Å². The quantitative estimate of drug-likeness (QED) is 0.653. The molecule has 0 aliphatic rings. The van der Waals surface area contributed by atoms with Crippen LogP contribution < -0.4 is 5.32 Å². The maximum Gasteiger partial charge on any atom is 0.337 e. The van der Waals surface area contributed by atoms with Gasteiger partial charge in [0.05, 0.1) is 5.56 Å². The molecule has 0 fully saturated rings. The minimum absolute atomic E-state index is 0.417. The summed E-state index contributed by atoms with van der Waals surface area (Å²) >= 11 is 0. The fourth-order valence-corrected chi connectivity index (χ4v) is 3.49. The lowest BCUT2D eigenvalue weighted by molar-refractivity contribution is 0.0694. The third-order valence-corrected chi connectivity index (χ3v) is 5.06. The molecule has 1 heterocycles. The van der Waals surface area contributed by atoms with Crippen molar-refractivity contribution >= 4 is 5.97 Å². The minimum atomic E-state index is -0.866. The van der Waals surface area contributed by atoms with Crippen LogP contribution >= 0.6 is 0 Å². The van der Waals surface area contributed by atoms with E-state index >= 15 is 0 Å². The van der Waals surface area contributed by atoms with Crippen LogP contribution in [0.4, 0.5) is 0 Å². The average molecular weight is 362 g/mol. The summed E-state index contributed by atoms with van der Waals surface area (Å²) in [6.45, 7) is 7.88. The van der Waals surface area contributed by atoms with E-state index in [2.05, 4.69) is 53.2 Å². The molecule has 3 aromatic rings. The van der Waals surface area contributed by atoms with Gasteiger partial charge in [-0.15, -0.1) is 0 Å². The van der Waals surface area contributed by atoms with Gasteiger partial charge in [-0.1, -0.05) is 60.2 Å². The molecule has 4 nitrogen and oxygen atoms in total. The lowest BCUT2D eigenvalue weighted by Gasteiger charge is -2.10. The number of aryl methyl sites for hydroxylation is 1. The number of aromatic nitrogens is 1. The summed E-state index contributed by atoms with van der Waals surface area (Å²) in [6.07, 6.45) is 0. The van der Waals surface area contributed by atoms with Crippen molar-refractivity contribution in [3.8, 4) is 0 Å². The van der Waals surface area contributed by atoms with Gasteiger partial charge in [-0.25, -0.2) is 4.79 Å². The molecule has 0 aliphatic heterocycles. The van der Waals surface area contributed by atoms with Crippen LogP contribution in [0.25, 0.3) is 0 Å². The van der Waals surface area contributed by atoms with Crippen molar-refractivity contribution in [3.05, 3.63) is 93.8 Å². The number of nitrogens with zero attached hydrogens (tertiary/aromatic N) is 1. The highest BCUT2D eigenvalue weighted by Gasteiger charge is 2.22. The minimum Gasteiger partial charge on any atom is -0.478 e. The smallest absolute Gasteiger partial charge is 0.337 e. The van der Waals surface area contributed by atoms with E-state index in [1.165, 1.54) is 11.1 Å². The summed E-state index contributed by atoms with van der Waals surface area (Å²) in [5.41, 5.74) is 6.67. The Morgan fingerprint density at radius 1 is 0.889 bits per heavy atom. The average Bonchev–Trinajstić information content (AvgIpc) is 2.89. The third kappa shape index (κ3) is 4.29. The standard InChI is InChI=1S/C23H26N2O2/c1-16-9-11-19(12-10-16)13-24-14-21-17(2)25(18(3)22(21)23(26)27)15-20-7-5-4-6-8-20/h4-12,24H,13-15H2,1-3H3,(H,26,27). The Labute approximate surface area is 160 Å². The van der Waals surface area contributed by atoms with Gasteiger partial charge in [0, 0.05) is 36.6 Å². The van der Waals surface area contributed by atoms with E-state index in [9.17, 15) is 9.90 Å². The zero-order valence-electron chi connectivity index (χ0n) is 16.1. The van der Waals surface area contributed by atoms with Crippen molar-refractivity contribution in [2.75, 3.05) is 0 Å². The zero-order valence-corrected chi connectivity index (χ0v) is 16.1. The molecule has 0 atom stereocenters. The van der Waals surface area contributed by atoms with Crippen molar-refractivity contribution in [1.82, 2.24) is 9.88 Å². The van der Waals surface area contributed by atoms with Crippen molar-refractivity contribution in [2.45, 2.75) is 40.4 Å². The number of benzene rings is 2. The fraction of sp³-hybridized carbons (Fsp3) is 0.261. The normalized spacial score (nSPS) is 10.9. The van der Waals surface area contributed by atoms with Crippen LogP contribution in [0.2, 0.25) is 0 Å².